The highest BCUT2D eigenvalue weighted by molar-refractivity contribution is 7.17. The van der Waals surface area contributed by atoms with Gasteiger partial charge in [0.1, 0.15) is 28.1 Å². The molecule has 0 aliphatic rings. The SMILES string of the molecule is CCC(C)[C@H](N)C(=O)OCn1c(-c2ccc(F)c(C(F)(F)F)c2F)csc1=NC(=O)Cc1csc2c1c(=O)n(C)c(=O)n2C. The number of alkyl halides is 3. The lowest BCUT2D eigenvalue weighted by Crippen LogP contribution is -2.38. The monoisotopic (exact) mass is 659 g/mol. The van der Waals surface area contributed by atoms with Crippen LogP contribution >= 0.6 is 22.7 Å². The number of esters is 1. The maximum atomic E-state index is 15.1. The average molecular weight is 660 g/mol. The highest BCUT2D eigenvalue weighted by Gasteiger charge is 2.39. The number of carbonyl (C=O) groups excluding carboxylic acids is 2. The second-order valence-corrected chi connectivity index (χ2v) is 11.6. The number of amides is 1. The minimum Gasteiger partial charge on any atom is -0.443 e. The molecule has 44 heavy (non-hydrogen) atoms. The standard InChI is InChI=1S/C27H26F5N5O5S2/c1-5-12(2)21(33)24(40)42-11-37-16(14-6-7-15(28)19(20(14)29)27(30,31)32)10-44-25(37)34-17(38)8-13-9-43-23-18(13)22(39)35(3)26(41)36(23)4/h6-7,9-10,12,21H,5,8,11,33H2,1-4H3/t12?,21-/m0/s1. The lowest BCUT2D eigenvalue weighted by atomic mass is 10.0. The van der Waals surface area contributed by atoms with E-state index in [2.05, 4.69) is 4.99 Å². The van der Waals surface area contributed by atoms with E-state index in [4.69, 9.17) is 10.5 Å². The molecular weight excluding hydrogens is 633 g/mol. The lowest BCUT2D eigenvalue weighted by Gasteiger charge is -2.18. The Morgan fingerprint density at radius 1 is 1.09 bits per heavy atom. The maximum absolute atomic E-state index is 15.1. The predicted molar refractivity (Wildman–Crippen MR) is 153 cm³/mol. The number of aryl methyl sites for hydroxylation is 1. The predicted octanol–water partition coefficient (Wildman–Crippen LogP) is 3.67. The molecule has 1 aromatic carbocycles. The normalized spacial score (nSPS) is 13.8. The fourth-order valence-electron chi connectivity index (χ4n) is 4.34. The Morgan fingerprint density at radius 3 is 2.41 bits per heavy atom. The lowest BCUT2D eigenvalue weighted by molar-refractivity contribution is -0.150. The molecule has 0 saturated heterocycles. The number of ether oxygens (including phenoxy) is 1. The van der Waals surface area contributed by atoms with Crippen molar-refractivity contribution in [1.82, 2.24) is 13.7 Å². The fraction of sp³-hybridized carbons (Fsp3) is 0.370. The first-order chi connectivity index (χ1) is 20.6. The number of aromatic nitrogens is 3. The Bertz CT molecular complexity index is 1950. The molecule has 0 spiro atoms. The van der Waals surface area contributed by atoms with Crippen molar-refractivity contribution < 1.29 is 36.3 Å². The van der Waals surface area contributed by atoms with Crippen LogP contribution in [0, 0.1) is 17.6 Å². The number of nitrogens with zero attached hydrogens (tertiary/aromatic N) is 4. The molecule has 4 aromatic rings. The van der Waals surface area contributed by atoms with Gasteiger partial charge in [0.2, 0.25) is 0 Å². The molecule has 0 radical (unpaired) electrons. The number of halogens is 5. The molecule has 2 N–H and O–H groups in total. The molecule has 0 aliphatic carbocycles. The van der Waals surface area contributed by atoms with Gasteiger partial charge in [0.25, 0.3) is 11.5 Å². The largest absolute Gasteiger partial charge is 0.443 e. The molecule has 2 atom stereocenters. The number of rotatable bonds is 8. The second kappa shape index (κ2) is 12.6. The van der Waals surface area contributed by atoms with Gasteiger partial charge in [-0.2, -0.15) is 18.2 Å². The van der Waals surface area contributed by atoms with Gasteiger partial charge < -0.3 is 10.5 Å². The van der Waals surface area contributed by atoms with Gasteiger partial charge in [0.15, 0.2) is 11.5 Å². The van der Waals surface area contributed by atoms with Crippen LogP contribution in [0.15, 0.2) is 37.5 Å². The van der Waals surface area contributed by atoms with Gasteiger partial charge in [-0.05, 0) is 29.0 Å². The van der Waals surface area contributed by atoms with Gasteiger partial charge in [-0.15, -0.1) is 22.7 Å². The summed E-state index contributed by atoms with van der Waals surface area (Å²) in [5.41, 5.74) is 1.96. The molecule has 0 bridgehead atoms. The summed E-state index contributed by atoms with van der Waals surface area (Å²) in [6.07, 6.45) is -5.21. The van der Waals surface area contributed by atoms with E-state index in [1.807, 2.05) is 0 Å². The number of thiophene rings is 1. The van der Waals surface area contributed by atoms with Gasteiger partial charge >= 0.3 is 17.8 Å². The molecule has 3 aromatic heterocycles. The summed E-state index contributed by atoms with van der Waals surface area (Å²) < 4.78 is 77.9. The van der Waals surface area contributed by atoms with Crippen LogP contribution < -0.4 is 21.8 Å². The Labute approximate surface area is 253 Å². The zero-order valence-corrected chi connectivity index (χ0v) is 25.3. The maximum Gasteiger partial charge on any atom is 0.422 e. The molecule has 0 saturated carbocycles. The van der Waals surface area contributed by atoms with E-state index in [0.717, 1.165) is 37.9 Å². The van der Waals surface area contributed by atoms with Crippen molar-refractivity contribution in [3.63, 3.8) is 0 Å². The number of thiazole rings is 1. The van der Waals surface area contributed by atoms with Crippen LogP contribution in [0.2, 0.25) is 0 Å². The van der Waals surface area contributed by atoms with Crippen LogP contribution in [0.1, 0.15) is 31.4 Å². The molecule has 1 amide bonds. The Balaban J connectivity index is 1.80. The first-order valence-corrected chi connectivity index (χ1v) is 14.7. The summed E-state index contributed by atoms with van der Waals surface area (Å²) in [5, 5.41) is 2.84. The molecule has 236 valence electrons. The van der Waals surface area contributed by atoms with E-state index in [1.54, 1.807) is 13.8 Å². The molecule has 0 fully saturated rings. The summed E-state index contributed by atoms with van der Waals surface area (Å²) in [6, 6.07) is 0.189. The van der Waals surface area contributed by atoms with Gasteiger partial charge in [-0.25, -0.2) is 13.6 Å². The first kappa shape index (κ1) is 32.9. The number of hydrogen-bond acceptors (Lipinski definition) is 8. The van der Waals surface area contributed by atoms with E-state index in [0.29, 0.717) is 17.3 Å². The van der Waals surface area contributed by atoms with E-state index < -0.39 is 71.3 Å². The van der Waals surface area contributed by atoms with Crippen LogP contribution in [0.4, 0.5) is 22.0 Å². The molecule has 1 unspecified atom stereocenters. The summed E-state index contributed by atoms with van der Waals surface area (Å²) in [7, 11) is 2.76. The minimum atomic E-state index is -5.35. The van der Waals surface area contributed by atoms with Crippen molar-refractivity contribution in [3.05, 3.63) is 71.3 Å². The number of nitrogens with two attached hydrogens (primary N) is 1. The third-order valence-corrected chi connectivity index (χ3v) is 9.09. The fourth-order valence-corrected chi connectivity index (χ4v) is 6.27. The van der Waals surface area contributed by atoms with Crippen molar-refractivity contribution in [3.8, 4) is 11.3 Å². The van der Waals surface area contributed by atoms with E-state index in [9.17, 15) is 36.7 Å². The van der Waals surface area contributed by atoms with Crippen LogP contribution in [0.25, 0.3) is 21.5 Å². The zero-order valence-electron chi connectivity index (χ0n) is 23.7. The Hall–Kier alpha value is -3.96. The Morgan fingerprint density at radius 2 is 1.77 bits per heavy atom. The van der Waals surface area contributed by atoms with E-state index in [1.165, 1.54) is 29.4 Å². The van der Waals surface area contributed by atoms with Crippen LogP contribution in [0.5, 0.6) is 0 Å². The summed E-state index contributed by atoms with van der Waals surface area (Å²) in [6.45, 7) is 2.80. The van der Waals surface area contributed by atoms with Gasteiger partial charge in [-0.1, -0.05) is 20.3 Å². The third kappa shape index (κ3) is 6.16. The minimum absolute atomic E-state index is 0.143. The van der Waals surface area contributed by atoms with E-state index in [-0.39, 0.29) is 27.4 Å². The summed E-state index contributed by atoms with van der Waals surface area (Å²) in [5.74, 6) is -5.67. The smallest absolute Gasteiger partial charge is 0.422 e. The highest BCUT2D eigenvalue weighted by atomic mass is 32.1. The topological polar surface area (TPSA) is 131 Å². The molecule has 3 heterocycles. The van der Waals surface area contributed by atoms with Crippen molar-refractivity contribution in [2.45, 2.75) is 45.6 Å². The number of benzene rings is 1. The van der Waals surface area contributed by atoms with Crippen molar-refractivity contribution in [2.24, 2.45) is 30.7 Å². The average Bonchev–Trinajstić information content (AvgIpc) is 3.56. The van der Waals surface area contributed by atoms with Crippen LogP contribution in [0.3, 0.4) is 0 Å². The van der Waals surface area contributed by atoms with Crippen molar-refractivity contribution in [2.75, 3.05) is 0 Å². The molecule has 4 rings (SSSR count). The quantitative estimate of drug-likeness (QED) is 0.227. The van der Waals surface area contributed by atoms with Gasteiger partial charge in [0, 0.05) is 25.0 Å². The van der Waals surface area contributed by atoms with Crippen LogP contribution in [-0.2, 0) is 47.7 Å². The second-order valence-electron chi connectivity index (χ2n) is 9.95. The van der Waals surface area contributed by atoms with Crippen LogP contribution in [-0.4, -0.2) is 31.6 Å². The molecular formula is C27H26F5N5O5S2. The molecule has 10 nitrogen and oxygen atoms in total. The summed E-state index contributed by atoms with van der Waals surface area (Å²) >= 11 is 1.80. The van der Waals surface area contributed by atoms with Crippen molar-refractivity contribution in [1.29, 1.82) is 0 Å². The third-order valence-electron chi connectivity index (χ3n) is 7.12. The summed E-state index contributed by atoms with van der Waals surface area (Å²) in [4.78, 5) is 54.9. The van der Waals surface area contributed by atoms with Gasteiger partial charge in [-0.3, -0.25) is 28.1 Å². The Kier molecular flexibility index (Phi) is 9.41. The number of carbonyl (C=O) groups is 2. The zero-order chi connectivity index (χ0) is 32.7. The van der Waals surface area contributed by atoms with Crippen molar-refractivity contribution >= 4 is 44.8 Å². The molecule has 17 heteroatoms. The number of hydrogen-bond donors (Lipinski definition) is 1. The first-order valence-electron chi connectivity index (χ1n) is 13.0. The number of fused-ring (bicyclic) bond motifs is 1. The highest BCUT2D eigenvalue weighted by Crippen LogP contribution is 2.37. The molecule has 0 aliphatic heterocycles. The van der Waals surface area contributed by atoms with Gasteiger partial charge in [0.05, 0.1) is 17.5 Å². The van der Waals surface area contributed by atoms with E-state index >= 15 is 4.39 Å².